The van der Waals surface area contributed by atoms with E-state index in [1.807, 2.05) is 6.92 Å². The highest BCUT2D eigenvalue weighted by molar-refractivity contribution is 9.10. The van der Waals surface area contributed by atoms with Gasteiger partial charge in [-0.2, -0.15) is 4.68 Å². The number of nitrogens with one attached hydrogen (secondary N) is 1. The van der Waals surface area contributed by atoms with E-state index in [4.69, 9.17) is 0 Å². The van der Waals surface area contributed by atoms with Crippen LogP contribution in [-0.4, -0.2) is 26.8 Å². The van der Waals surface area contributed by atoms with Crippen LogP contribution in [0.4, 0.5) is 8.78 Å². The minimum absolute atomic E-state index is 0.0986. The molecule has 1 N–H and O–H groups in total. The zero-order valence-corrected chi connectivity index (χ0v) is 13.5. The Bertz CT molecular complexity index is 629. The first-order valence-corrected chi connectivity index (χ1v) is 7.36. The average Bonchev–Trinajstić information content (AvgIpc) is 2.89. The topological polar surface area (TPSA) is 55.6 Å². The van der Waals surface area contributed by atoms with E-state index < -0.39 is 11.6 Å². The third-order valence-corrected chi connectivity index (χ3v) is 3.54. The minimum atomic E-state index is -0.722. The van der Waals surface area contributed by atoms with E-state index >= 15 is 0 Å². The molecule has 0 fully saturated rings. The van der Waals surface area contributed by atoms with Crippen LogP contribution in [0.2, 0.25) is 0 Å². The van der Waals surface area contributed by atoms with Crippen LogP contribution in [0.5, 0.6) is 0 Å². The van der Waals surface area contributed by atoms with E-state index in [0.29, 0.717) is 11.7 Å². The number of hydrogen-bond donors (Lipinski definition) is 1. The number of benzene rings is 1. The van der Waals surface area contributed by atoms with Gasteiger partial charge in [0.2, 0.25) is 0 Å². The molecule has 0 saturated carbocycles. The fraction of sp³-hybridized carbons (Fsp3) is 0.462. The summed E-state index contributed by atoms with van der Waals surface area (Å²) in [6.45, 7) is 6.84. The third kappa shape index (κ3) is 3.62. The SMILES string of the molecule is CC(C)CNC(C)c1nnnn1-c1cc(Br)c(F)cc1F. The summed E-state index contributed by atoms with van der Waals surface area (Å²) in [5.74, 6) is -0.460. The Morgan fingerprint density at radius 1 is 1.24 bits per heavy atom. The highest BCUT2D eigenvalue weighted by Gasteiger charge is 2.19. The Morgan fingerprint density at radius 2 is 1.95 bits per heavy atom. The van der Waals surface area contributed by atoms with Gasteiger partial charge in [0.25, 0.3) is 0 Å². The van der Waals surface area contributed by atoms with Gasteiger partial charge in [0, 0.05) is 6.07 Å². The summed E-state index contributed by atoms with van der Waals surface area (Å²) in [7, 11) is 0. The lowest BCUT2D eigenvalue weighted by Gasteiger charge is -2.15. The van der Waals surface area contributed by atoms with Crippen molar-refractivity contribution in [1.82, 2.24) is 25.5 Å². The molecule has 114 valence electrons. The van der Waals surface area contributed by atoms with Gasteiger partial charge in [-0.05, 0) is 51.8 Å². The number of hydrogen-bond acceptors (Lipinski definition) is 4. The van der Waals surface area contributed by atoms with Crippen LogP contribution in [0.1, 0.15) is 32.6 Å². The Labute approximate surface area is 129 Å². The van der Waals surface area contributed by atoms with Crippen LogP contribution in [-0.2, 0) is 0 Å². The van der Waals surface area contributed by atoms with Crippen molar-refractivity contribution in [1.29, 1.82) is 0 Å². The molecule has 0 saturated heterocycles. The molecule has 0 aliphatic rings. The molecule has 8 heteroatoms. The zero-order chi connectivity index (χ0) is 15.6. The monoisotopic (exact) mass is 359 g/mol. The number of aromatic nitrogens is 4. The maximum atomic E-state index is 14.0. The van der Waals surface area contributed by atoms with Gasteiger partial charge >= 0.3 is 0 Å². The smallest absolute Gasteiger partial charge is 0.173 e. The van der Waals surface area contributed by atoms with Crippen LogP contribution < -0.4 is 5.32 Å². The van der Waals surface area contributed by atoms with Crippen molar-refractivity contribution in [2.24, 2.45) is 5.92 Å². The second kappa shape index (κ2) is 6.57. The van der Waals surface area contributed by atoms with Crippen LogP contribution in [0.3, 0.4) is 0 Å². The number of nitrogens with zero attached hydrogens (tertiary/aromatic N) is 4. The highest BCUT2D eigenvalue weighted by Crippen LogP contribution is 2.24. The van der Waals surface area contributed by atoms with Gasteiger partial charge in [-0.25, -0.2) is 8.78 Å². The van der Waals surface area contributed by atoms with Crippen LogP contribution in [0.25, 0.3) is 5.69 Å². The fourth-order valence-corrected chi connectivity index (χ4v) is 2.15. The predicted molar refractivity (Wildman–Crippen MR) is 78.0 cm³/mol. The first-order valence-electron chi connectivity index (χ1n) is 6.56. The van der Waals surface area contributed by atoms with E-state index in [2.05, 4.69) is 50.6 Å². The van der Waals surface area contributed by atoms with Gasteiger partial charge < -0.3 is 5.32 Å². The molecule has 0 aliphatic carbocycles. The van der Waals surface area contributed by atoms with Crippen molar-refractivity contribution in [2.45, 2.75) is 26.8 Å². The zero-order valence-electron chi connectivity index (χ0n) is 11.9. The van der Waals surface area contributed by atoms with Crippen molar-refractivity contribution >= 4 is 15.9 Å². The van der Waals surface area contributed by atoms with Gasteiger partial charge in [-0.15, -0.1) is 5.10 Å². The van der Waals surface area contributed by atoms with Crippen molar-refractivity contribution < 1.29 is 8.78 Å². The Balaban J connectivity index is 2.34. The molecule has 1 aromatic heterocycles. The summed E-state index contributed by atoms with van der Waals surface area (Å²) < 4.78 is 28.7. The van der Waals surface area contributed by atoms with Crippen molar-refractivity contribution in [3.8, 4) is 5.69 Å². The van der Waals surface area contributed by atoms with Crippen molar-refractivity contribution in [2.75, 3.05) is 6.54 Å². The van der Waals surface area contributed by atoms with Gasteiger partial charge in [-0.3, -0.25) is 0 Å². The molecule has 0 radical (unpaired) electrons. The molecule has 1 aromatic carbocycles. The molecular formula is C13H16BrF2N5. The fourth-order valence-electron chi connectivity index (χ4n) is 1.81. The second-order valence-corrected chi connectivity index (χ2v) is 6.04. The summed E-state index contributed by atoms with van der Waals surface area (Å²) in [5, 5.41) is 14.6. The van der Waals surface area contributed by atoms with Crippen LogP contribution in [0, 0.1) is 17.6 Å². The maximum Gasteiger partial charge on any atom is 0.173 e. The number of halogens is 3. The van der Waals surface area contributed by atoms with E-state index in [-0.39, 0.29) is 16.2 Å². The second-order valence-electron chi connectivity index (χ2n) is 5.19. The molecule has 0 spiro atoms. The van der Waals surface area contributed by atoms with Gasteiger partial charge in [0.05, 0.1) is 10.5 Å². The van der Waals surface area contributed by atoms with E-state index in [1.165, 1.54) is 10.7 Å². The first kappa shape index (κ1) is 16.0. The average molecular weight is 360 g/mol. The van der Waals surface area contributed by atoms with Crippen molar-refractivity contribution in [3.05, 3.63) is 34.1 Å². The highest BCUT2D eigenvalue weighted by atomic mass is 79.9. The summed E-state index contributed by atoms with van der Waals surface area (Å²) in [4.78, 5) is 0. The van der Waals surface area contributed by atoms with Gasteiger partial charge in [0.1, 0.15) is 11.5 Å². The minimum Gasteiger partial charge on any atom is -0.307 e. The Kier molecular flexibility index (Phi) is 5.00. The Hall–Kier alpha value is -1.41. The van der Waals surface area contributed by atoms with Gasteiger partial charge in [0.15, 0.2) is 11.6 Å². The molecule has 0 amide bonds. The summed E-state index contributed by atoms with van der Waals surface area (Å²) in [5.41, 5.74) is 0.0986. The maximum absolute atomic E-state index is 14.0. The standard InChI is InChI=1S/C13H16BrF2N5/c1-7(2)6-17-8(3)13-18-19-20-21(13)12-4-9(14)10(15)5-11(12)16/h4-5,7-8,17H,6H2,1-3H3. The molecule has 2 aromatic rings. The van der Waals surface area contributed by atoms with Crippen LogP contribution in [0.15, 0.2) is 16.6 Å². The van der Waals surface area contributed by atoms with E-state index in [0.717, 1.165) is 12.6 Å². The van der Waals surface area contributed by atoms with Gasteiger partial charge in [-0.1, -0.05) is 13.8 Å². The Morgan fingerprint density at radius 3 is 2.62 bits per heavy atom. The summed E-state index contributed by atoms with van der Waals surface area (Å²) >= 11 is 3.04. The molecule has 1 unspecified atom stereocenters. The van der Waals surface area contributed by atoms with E-state index in [1.54, 1.807) is 0 Å². The molecule has 0 aliphatic heterocycles. The lowest BCUT2D eigenvalue weighted by atomic mass is 10.2. The third-order valence-electron chi connectivity index (χ3n) is 2.93. The largest absolute Gasteiger partial charge is 0.307 e. The molecule has 1 heterocycles. The normalized spacial score (nSPS) is 12.9. The van der Waals surface area contributed by atoms with Crippen LogP contribution >= 0.6 is 15.9 Å². The van der Waals surface area contributed by atoms with Crippen molar-refractivity contribution in [3.63, 3.8) is 0 Å². The lowest BCUT2D eigenvalue weighted by molar-refractivity contribution is 0.472. The summed E-state index contributed by atoms with van der Waals surface area (Å²) in [6.07, 6.45) is 0. The summed E-state index contributed by atoms with van der Waals surface area (Å²) in [6, 6.07) is 1.96. The van der Waals surface area contributed by atoms with E-state index in [9.17, 15) is 8.78 Å². The molecular weight excluding hydrogens is 344 g/mol. The molecule has 1 atom stereocenters. The molecule has 2 rings (SSSR count). The number of rotatable bonds is 5. The lowest BCUT2D eigenvalue weighted by Crippen LogP contribution is -2.26. The first-order chi connectivity index (χ1) is 9.90. The quantitative estimate of drug-likeness (QED) is 0.833. The molecule has 21 heavy (non-hydrogen) atoms. The molecule has 5 nitrogen and oxygen atoms in total. The number of tetrazole rings is 1. The molecule has 0 bridgehead atoms. The predicted octanol–water partition coefficient (Wildman–Crippen LogP) is 3.01.